The molecule has 26 heavy (non-hydrogen) atoms. The zero-order valence-corrected chi connectivity index (χ0v) is 15.6. The minimum Gasteiger partial charge on any atom is -0.598 e. The average Bonchev–Trinajstić information content (AvgIpc) is 3.26. The van der Waals surface area contributed by atoms with Crippen molar-refractivity contribution in [1.29, 1.82) is 0 Å². The predicted octanol–water partition coefficient (Wildman–Crippen LogP) is 1.51. The van der Waals surface area contributed by atoms with Crippen LogP contribution >= 0.6 is 0 Å². The van der Waals surface area contributed by atoms with E-state index in [0.29, 0.717) is 13.1 Å². The third-order valence-electron chi connectivity index (χ3n) is 5.36. The summed E-state index contributed by atoms with van der Waals surface area (Å²) in [6, 6.07) is 1.77. The molecule has 0 spiro atoms. The highest BCUT2D eigenvalue weighted by Gasteiger charge is 2.39. The zero-order valence-electron chi connectivity index (χ0n) is 14.8. The van der Waals surface area contributed by atoms with Gasteiger partial charge in [-0.1, -0.05) is 4.21 Å². The fourth-order valence-electron chi connectivity index (χ4n) is 4.03. The maximum Gasteiger partial charge on any atom is 0.227 e. The average molecular weight is 377 g/mol. The van der Waals surface area contributed by atoms with E-state index in [-0.39, 0.29) is 24.4 Å². The lowest BCUT2D eigenvalue weighted by molar-refractivity contribution is -0.137. The van der Waals surface area contributed by atoms with E-state index in [9.17, 15) is 13.6 Å². The van der Waals surface area contributed by atoms with Gasteiger partial charge < -0.3 is 14.4 Å². The molecule has 2 fully saturated rings. The van der Waals surface area contributed by atoms with Crippen LogP contribution in [0.2, 0.25) is 0 Å². The highest BCUT2D eigenvalue weighted by Crippen LogP contribution is 2.34. The number of carbonyl (C=O) groups is 1. The molecule has 4 heterocycles. The van der Waals surface area contributed by atoms with E-state index in [1.807, 2.05) is 11.0 Å². The molecule has 1 amide bonds. The number of sulfonamides is 1. The molecule has 0 aliphatic carbocycles. The van der Waals surface area contributed by atoms with Crippen molar-refractivity contribution in [2.45, 2.75) is 31.7 Å². The van der Waals surface area contributed by atoms with E-state index in [2.05, 4.69) is 15.0 Å². The van der Waals surface area contributed by atoms with Gasteiger partial charge in [0.15, 0.2) is 0 Å². The van der Waals surface area contributed by atoms with E-state index >= 15 is 0 Å². The van der Waals surface area contributed by atoms with Gasteiger partial charge >= 0.3 is 0 Å². The number of rotatable bonds is 3. The predicted molar refractivity (Wildman–Crippen MR) is 96.6 cm³/mol. The maximum atomic E-state index is 13.1. The number of likely N-dealkylation sites (tertiary alicyclic amines) is 1. The standard InChI is InChI=1S/C17H23N5O3S/c1-26(24,25)21-8-2-4-12(11-21)17(23)22-9-3-5-15(22)16-19-13-6-7-18-10-14(13)20-16/h6-7,10,12,15H,2-5,8-9,11H2,1H3,(H-,18,19,20,24,25). The summed E-state index contributed by atoms with van der Waals surface area (Å²) in [4.78, 5) is 27.0. The third-order valence-corrected chi connectivity index (χ3v) is 6.63. The number of imidazole rings is 1. The SMILES string of the molecule is C[S+](=O)([O-])N1CCCC(C(=O)N2CCCC2c2nc3ccncc3[nH]2)C1. The van der Waals surface area contributed by atoms with Gasteiger partial charge in [-0.25, -0.2) is 4.98 Å². The summed E-state index contributed by atoms with van der Waals surface area (Å²) in [7, 11) is -3.26. The third kappa shape index (κ3) is 3.26. The number of nitrogens with zero attached hydrogens (tertiary/aromatic N) is 4. The van der Waals surface area contributed by atoms with Crippen LogP contribution in [0.3, 0.4) is 0 Å². The topological polar surface area (TPSA) is 105 Å². The van der Waals surface area contributed by atoms with Crippen LogP contribution in [0.25, 0.3) is 11.0 Å². The molecule has 0 saturated carbocycles. The molecule has 2 aromatic rings. The molecule has 2 aromatic heterocycles. The quantitative estimate of drug-likeness (QED) is 0.816. The molecule has 4 rings (SSSR count). The molecule has 0 bridgehead atoms. The summed E-state index contributed by atoms with van der Waals surface area (Å²) in [5, 5.41) is 0. The van der Waals surface area contributed by atoms with Crippen molar-refractivity contribution in [2.24, 2.45) is 5.92 Å². The number of amides is 1. The van der Waals surface area contributed by atoms with Crippen LogP contribution in [0, 0.1) is 5.92 Å². The van der Waals surface area contributed by atoms with Crippen molar-refractivity contribution in [3.63, 3.8) is 0 Å². The van der Waals surface area contributed by atoms with Crippen molar-refractivity contribution in [1.82, 2.24) is 24.2 Å². The molecule has 0 aromatic carbocycles. The van der Waals surface area contributed by atoms with Crippen LogP contribution in [0.1, 0.15) is 37.5 Å². The first-order chi connectivity index (χ1) is 12.4. The first-order valence-corrected chi connectivity index (χ1v) is 10.8. The molecular formula is C17H23N5O3S. The first-order valence-electron chi connectivity index (χ1n) is 8.99. The minimum atomic E-state index is -3.26. The Morgan fingerprint density at radius 3 is 2.92 bits per heavy atom. The summed E-state index contributed by atoms with van der Waals surface area (Å²) in [6.45, 7) is 1.47. The Balaban J connectivity index is 1.54. The number of nitrogens with one attached hydrogen (secondary N) is 1. The van der Waals surface area contributed by atoms with E-state index in [1.54, 1.807) is 12.4 Å². The minimum absolute atomic E-state index is 0.0411. The normalized spacial score (nSPS) is 26.9. The molecular weight excluding hydrogens is 354 g/mol. The van der Waals surface area contributed by atoms with Gasteiger partial charge in [0, 0.05) is 19.3 Å². The van der Waals surface area contributed by atoms with Gasteiger partial charge in [-0.05, 0) is 31.7 Å². The summed E-state index contributed by atoms with van der Waals surface area (Å²) < 4.78 is 25.1. The number of hydrogen-bond donors (Lipinski definition) is 1. The molecule has 3 unspecified atom stereocenters. The van der Waals surface area contributed by atoms with Crippen molar-refractivity contribution < 1.29 is 13.6 Å². The van der Waals surface area contributed by atoms with Gasteiger partial charge in [0.05, 0.1) is 35.7 Å². The van der Waals surface area contributed by atoms with Crippen LogP contribution in [0.5, 0.6) is 0 Å². The Bertz CT molecular complexity index is 830. The molecule has 2 aliphatic rings. The molecule has 9 heteroatoms. The number of piperidine rings is 1. The second-order valence-corrected chi connectivity index (χ2v) is 9.15. The molecule has 2 saturated heterocycles. The fraction of sp³-hybridized carbons (Fsp3) is 0.588. The Labute approximate surface area is 153 Å². The highest BCUT2D eigenvalue weighted by atomic mass is 32.3. The monoisotopic (exact) mass is 377 g/mol. The van der Waals surface area contributed by atoms with Gasteiger partial charge in [-0.2, -0.15) is 0 Å². The first kappa shape index (κ1) is 17.6. The van der Waals surface area contributed by atoms with Crippen molar-refractivity contribution in [3.05, 3.63) is 24.3 Å². The Hall–Kier alpha value is -1.84. The number of hydrogen-bond acceptors (Lipinski definition) is 5. The fourth-order valence-corrected chi connectivity index (χ4v) is 4.94. The van der Waals surface area contributed by atoms with Crippen molar-refractivity contribution in [2.75, 3.05) is 25.9 Å². The number of aromatic amines is 1. The van der Waals surface area contributed by atoms with Gasteiger partial charge in [-0.15, -0.1) is 4.31 Å². The van der Waals surface area contributed by atoms with Crippen LogP contribution in [0.15, 0.2) is 18.5 Å². The van der Waals surface area contributed by atoms with Crippen LogP contribution in [-0.4, -0.2) is 60.5 Å². The van der Waals surface area contributed by atoms with Gasteiger partial charge in [0.25, 0.3) is 0 Å². The lowest BCUT2D eigenvalue weighted by Crippen LogP contribution is -2.48. The maximum absolute atomic E-state index is 13.1. The summed E-state index contributed by atoms with van der Waals surface area (Å²) in [6.07, 6.45) is 7.89. The van der Waals surface area contributed by atoms with Gasteiger partial charge in [0.1, 0.15) is 22.5 Å². The summed E-state index contributed by atoms with van der Waals surface area (Å²) >= 11 is 0. The Kier molecular flexibility index (Phi) is 4.54. The highest BCUT2D eigenvalue weighted by molar-refractivity contribution is 7.94. The molecule has 1 N–H and O–H groups in total. The van der Waals surface area contributed by atoms with E-state index in [1.165, 1.54) is 10.6 Å². The smallest absolute Gasteiger partial charge is 0.227 e. The molecule has 2 aliphatic heterocycles. The van der Waals surface area contributed by atoms with Crippen LogP contribution in [0.4, 0.5) is 0 Å². The Morgan fingerprint density at radius 2 is 2.15 bits per heavy atom. The van der Waals surface area contributed by atoms with E-state index in [0.717, 1.165) is 42.5 Å². The summed E-state index contributed by atoms with van der Waals surface area (Å²) in [5.74, 6) is 0.555. The van der Waals surface area contributed by atoms with Crippen LogP contribution in [-0.2, 0) is 19.4 Å². The van der Waals surface area contributed by atoms with Crippen LogP contribution < -0.4 is 0 Å². The van der Waals surface area contributed by atoms with Gasteiger partial charge in [-0.3, -0.25) is 9.78 Å². The number of carbonyl (C=O) groups excluding carboxylic acids is 1. The van der Waals surface area contributed by atoms with E-state index < -0.39 is 10.4 Å². The Morgan fingerprint density at radius 1 is 1.35 bits per heavy atom. The van der Waals surface area contributed by atoms with Crippen molar-refractivity contribution >= 4 is 27.3 Å². The van der Waals surface area contributed by atoms with Crippen molar-refractivity contribution in [3.8, 4) is 0 Å². The molecule has 3 atom stereocenters. The lowest BCUT2D eigenvalue weighted by atomic mass is 9.97. The molecule has 8 nitrogen and oxygen atoms in total. The number of aromatic nitrogens is 3. The number of pyridine rings is 1. The second-order valence-electron chi connectivity index (χ2n) is 7.16. The second kappa shape index (κ2) is 6.71. The summed E-state index contributed by atoms with van der Waals surface area (Å²) in [5.41, 5.74) is 1.71. The largest absolute Gasteiger partial charge is 0.598 e. The molecule has 140 valence electrons. The van der Waals surface area contributed by atoms with Gasteiger partial charge in [0.2, 0.25) is 5.91 Å². The van der Waals surface area contributed by atoms with E-state index in [4.69, 9.17) is 0 Å². The lowest BCUT2D eigenvalue weighted by Gasteiger charge is -2.35. The zero-order chi connectivity index (χ0) is 18.3. The molecule has 0 radical (unpaired) electrons. The number of fused-ring (bicyclic) bond motifs is 1. The number of H-pyrrole nitrogens is 1.